The van der Waals surface area contributed by atoms with Crippen LogP contribution in [0.25, 0.3) is 0 Å². The zero-order valence-corrected chi connectivity index (χ0v) is 15.6. The van der Waals surface area contributed by atoms with Gasteiger partial charge >= 0.3 is 0 Å². The number of hydrogen-bond acceptors (Lipinski definition) is 3. The summed E-state index contributed by atoms with van der Waals surface area (Å²) in [5, 5.41) is 3.46. The Labute approximate surface area is 146 Å². The monoisotopic (exact) mass is 325 g/mol. The summed E-state index contributed by atoms with van der Waals surface area (Å²) in [5.41, 5.74) is 21.6. The third kappa shape index (κ3) is 4.23. The molecule has 0 aliphatic rings. The van der Waals surface area contributed by atoms with Crippen molar-refractivity contribution in [1.82, 2.24) is 5.32 Å². The standard InChI is InChI=1S/C21H31N3/c1-13-9-16(4)21(17(5)10-13)19(23)12-24-11-18(22)20-14(2)7-6-8-15(20)3/h6-10,18-19,24H,11-12,22-23H2,1-5H3. The molecule has 0 fully saturated rings. The predicted molar refractivity (Wildman–Crippen MR) is 103 cm³/mol. The molecule has 0 aliphatic heterocycles. The molecule has 0 heterocycles. The van der Waals surface area contributed by atoms with Crippen molar-refractivity contribution in [2.45, 2.75) is 46.7 Å². The summed E-state index contributed by atoms with van der Waals surface area (Å²) >= 11 is 0. The average Bonchev–Trinajstić information content (AvgIpc) is 2.45. The van der Waals surface area contributed by atoms with Crippen LogP contribution in [-0.2, 0) is 0 Å². The lowest BCUT2D eigenvalue weighted by Gasteiger charge is -2.22. The fourth-order valence-electron chi connectivity index (χ4n) is 3.79. The van der Waals surface area contributed by atoms with Crippen LogP contribution in [0, 0.1) is 34.6 Å². The van der Waals surface area contributed by atoms with Crippen molar-refractivity contribution in [3.63, 3.8) is 0 Å². The van der Waals surface area contributed by atoms with Crippen LogP contribution in [0.5, 0.6) is 0 Å². The fraction of sp³-hybridized carbons (Fsp3) is 0.429. The first kappa shape index (κ1) is 18.7. The normalized spacial score (nSPS) is 13.8. The van der Waals surface area contributed by atoms with Gasteiger partial charge in [-0.25, -0.2) is 0 Å². The molecule has 0 spiro atoms. The van der Waals surface area contributed by atoms with Crippen molar-refractivity contribution in [2.75, 3.05) is 13.1 Å². The molecule has 0 radical (unpaired) electrons. The van der Waals surface area contributed by atoms with Gasteiger partial charge in [-0.05, 0) is 68.0 Å². The maximum absolute atomic E-state index is 6.43. The lowest BCUT2D eigenvalue weighted by molar-refractivity contribution is 0.548. The summed E-state index contributed by atoms with van der Waals surface area (Å²) < 4.78 is 0. The molecule has 0 saturated carbocycles. The zero-order valence-electron chi connectivity index (χ0n) is 15.6. The molecule has 0 saturated heterocycles. The summed E-state index contributed by atoms with van der Waals surface area (Å²) in [7, 11) is 0. The second-order valence-corrected chi connectivity index (χ2v) is 6.99. The van der Waals surface area contributed by atoms with Crippen molar-refractivity contribution in [3.8, 4) is 0 Å². The number of benzene rings is 2. The first-order valence-electron chi connectivity index (χ1n) is 8.67. The van der Waals surface area contributed by atoms with Gasteiger partial charge in [0.1, 0.15) is 0 Å². The van der Waals surface area contributed by atoms with Crippen LogP contribution < -0.4 is 16.8 Å². The van der Waals surface area contributed by atoms with Gasteiger partial charge in [0.25, 0.3) is 0 Å². The highest BCUT2D eigenvalue weighted by atomic mass is 14.9. The topological polar surface area (TPSA) is 64.1 Å². The second kappa shape index (κ2) is 7.93. The largest absolute Gasteiger partial charge is 0.323 e. The molecule has 0 amide bonds. The molecular formula is C21H31N3. The average molecular weight is 326 g/mol. The van der Waals surface area contributed by atoms with Crippen LogP contribution in [-0.4, -0.2) is 13.1 Å². The quantitative estimate of drug-likeness (QED) is 0.761. The second-order valence-electron chi connectivity index (χ2n) is 6.99. The van der Waals surface area contributed by atoms with E-state index in [2.05, 4.69) is 70.3 Å². The van der Waals surface area contributed by atoms with E-state index in [0.29, 0.717) is 0 Å². The molecular weight excluding hydrogens is 294 g/mol. The van der Waals surface area contributed by atoms with E-state index >= 15 is 0 Å². The van der Waals surface area contributed by atoms with Crippen LogP contribution in [0.15, 0.2) is 30.3 Å². The third-order valence-corrected chi connectivity index (χ3v) is 4.75. The van der Waals surface area contributed by atoms with Crippen molar-refractivity contribution in [3.05, 3.63) is 69.3 Å². The van der Waals surface area contributed by atoms with Crippen molar-refractivity contribution < 1.29 is 0 Å². The number of aryl methyl sites for hydroxylation is 5. The summed E-state index contributed by atoms with van der Waals surface area (Å²) in [5.74, 6) is 0. The van der Waals surface area contributed by atoms with Gasteiger partial charge in [0.2, 0.25) is 0 Å². The Morgan fingerprint density at radius 3 is 1.62 bits per heavy atom. The number of hydrogen-bond donors (Lipinski definition) is 3. The Morgan fingerprint density at radius 2 is 1.17 bits per heavy atom. The highest BCUT2D eigenvalue weighted by Gasteiger charge is 2.15. The van der Waals surface area contributed by atoms with Gasteiger partial charge < -0.3 is 16.8 Å². The summed E-state index contributed by atoms with van der Waals surface area (Å²) in [4.78, 5) is 0. The summed E-state index contributed by atoms with van der Waals surface area (Å²) in [6.07, 6.45) is 0. The summed E-state index contributed by atoms with van der Waals surface area (Å²) in [6, 6.07) is 10.7. The molecule has 2 aromatic rings. The van der Waals surface area contributed by atoms with E-state index in [1.165, 1.54) is 38.9 Å². The van der Waals surface area contributed by atoms with E-state index in [9.17, 15) is 0 Å². The highest BCUT2D eigenvalue weighted by molar-refractivity contribution is 5.40. The molecule has 3 nitrogen and oxygen atoms in total. The Bertz CT molecular complexity index is 663. The SMILES string of the molecule is Cc1cc(C)c(C(N)CNCC(N)c2c(C)cccc2C)c(C)c1. The maximum atomic E-state index is 6.43. The molecule has 3 heteroatoms. The van der Waals surface area contributed by atoms with Gasteiger partial charge in [0.15, 0.2) is 0 Å². The molecule has 24 heavy (non-hydrogen) atoms. The van der Waals surface area contributed by atoms with Gasteiger partial charge in [-0.2, -0.15) is 0 Å². The summed E-state index contributed by atoms with van der Waals surface area (Å²) in [6.45, 7) is 12.1. The molecule has 2 atom stereocenters. The molecule has 0 bridgehead atoms. The Morgan fingerprint density at radius 1 is 0.750 bits per heavy atom. The first-order chi connectivity index (χ1) is 11.3. The molecule has 2 aromatic carbocycles. The van der Waals surface area contributed by atoms with Crippen LogP contribution in [0.3, 0.4) is 0 Å². The van der Waals surface area contributed by atoms with Gasteiger partial charge in [-0.15, -0.1) is 0 Å². The third-order valence-electron chi connectivity index (χ3n) is 4.75. The van der Waals surface area contributed by atoms with Crippen LogP contribution in [0.4, 0.5) is 0 Å². The predicted octanol–water partition coefficient (Wildman–Crippen LogP) is 3.52. The van der Waals surface area contributed by atoms with E-state index in [0.717, 1.165) is 13.1 Å². The Kier molecular flexibility index (Phi) is 6.16. The van der Waals surface area contributed by atoms with Crippen molar-refractivity contribution >= 4 is 0 Å². The minimum atomic E-state index is -0.0178. The molecule has 130 valence electrons. The minimum Gasteiger partial charge on any atom is -0.323 e. The smallest absolute Gasteiger partial charge is 0.0427 e. The van der Waals surface area contributed by atoms with Crippen molar-refractivity contribution in [1.29, 1.82) is 0 Å². The maximum Gasteiger partial charge on any atom is 0.0427 e. The van der Waals surface area contributed by atoms with Crippen LogP contribution in [0.2, 0.25) is 0 Å². The van der Waals surface area contributed by atoms with Gasteiger partial charge in [-0.1, -0.05) is 35.9 Å². The number of nitrogens with one attached hydrogen (secondary N) is 1. The Balaban J connectivity index is 1.99. The van der Waals surface area contributed by atoms with E-state index in [-0.39, 0.29) is 12.1 Å². The number of rotatable bonds is 6. The Hall–Kier alpha value is -1.68. The number of nitrogens with two attached hydrogens (primary N) is 2. The van der Waals surface area contributed by atoms with E-state index < -0.39 is 0 Å². The fourth-order valence-corrected chi connectivity index (χ4v) is 3.79. The minimum absolute atomic E-state index is 0.0152. The van der Waals surface area contributed by atoms with Gasteiger partial charge in [0, 0.05) is 25.2 Å². The van der Waals surface area contributed by atoms with Gasteiger partial charge in [0.05, 0.1) is 0 Å². The highest BCUT2D eigenvalue weighted by Crippen LogP contribution is 2.22. The van der Waals surface area contributed by atoms with Crippen molar-refractivity contribution in [2.24, 2.45) is 11.5 Å². The molecule has 0 aliphatic carbocycles. The van der Waals surface area contributed by atoms with E-state index in [1.54, 1.807) is 0 Å². The molecule has 2 rings (SSSR count). The molecule has 5 N–H and O–H groups in total. The first-order valence-corrected chi connectivity index (χ1v) is 8.67. The van der Waals surface area contributed by atoms with E-state index in [1.807, 2.05) is 0 Å². The molecule has 0 aromatic heterocycles. The molecule has 2 unspecified atom stereocenters. The zero-order chi connectivity index (χ0) is 17.9. The lowest BCUT2D eigenvalue weighted by atomic mass is 9.94. The lowest BCUT2D eigenvalue weighted by Crippen LogP contribution is -2.34. The van der Waals surface area contributed by atoms with Gasteiger partial charge in [-0.3, -0.25) is 0 Å². The van der Waals surface area contributed by atoms with E-state index in [4.69, 9.17) is 11.5 Å². The van der Waals surface area contributed by atoms with Crippen LogP contribution in [0.1, 0.15) is 51.0 Å². The van der Waals surface area contributed by atoms with Crippen LogP contribution >= 0.6 is 0 Å².